The minimum absolute atomic E-state index is 0.131. The standard InChI is InChI=1S/C25H34N4O4S/c1-6-7-14-33-25(30)23(15-18(2)3)28(5)34(31,32)21-10-8-20(9-11-21)17-29-19(4)27-22-12-13-26-16-24(22)29/h8-13,16,18,23H,6-7,14-15,17H2,1-5H3/t23-/m0/s1. The van der Waals surface area contributed by atoms with Crippen LogP contribution in [-0.4, -0.2) is 52.9 Å². The molecule has 1 aromatic carbocycles. The molecule has 1 atom stereocenters. The Kier molecular flexibility index (Phi) is 8.43. The third kappa shape index (κ3) is 5.82. The number of hydrogen-bond donors (Lipinski definition) is 0. The van der Waals surface area contributed by atoms with Crippen molar-refractivity contribution in [3.63, 3.8) is 0 Å². The summed E-state index contributed by atoms with van der Waals surface area (Å²) >= 11 is 0. The van der Waals surface area contributed by atoms with Gasteiger partial charge in [0.2, 0.25) is 10.0 Å². The van der Waals surface area contributed by atoms with Crippen LogP contribution in [0.4, 0.5) is 0 Å². The lowest BCUT2D eigenvalue weighted by atomic mass is 10.0. The summed E-state index contributed by atoms with van der Waals surface area (Å²) in [6, 6.07) is 7.75. The van der Waals surface area contributed by atoms with Crippen LogP contribution in [0.25, 0.3) is 11.0 Å². The molecule has 0 fully saturated rings. The number of unbranched alkanes of at least 4 members (excludes halogenated alkanes) is 1. The SMILES string of the molecule is CCCCOC(=O)[C@H](CC(C)C)N(C)S(=O)(=O)c1ccc(Cn2c(C)nc3ccncc32)cc1. The minimum Gasteiger partial charge on any atom is -0.464 e. The molecule has 0 aliphatic carbocycles. The van der Waals surface area contributed by atoms with Crippen LogP contribution in [0.15, 0.2) is 47.6 Å². The maximum absolute atomic E-state index is 13.3. The van der Waals surface area contributed by atoms with Crippen LogP contribution in [0.1, 0.15) is 51.4 Å². The van der Waals surface area contributed by atoms with E-state index in [0.717, 1.165) is 39.6 Å². The highest BCUT2D eigenvalue weighted by Crippen LogP contribution is 2.23. The molecule has 0 aliphatic rings. The number of carbonyl (C=O) groups excluding carboxylic acids is 1. The van der Waals surface area contributed by atoms with E-state index in [2.05, 4.69) is 9.97 Å². The monoisotopic (exact) mass is 486 g/mol. The summed E-state index contributed by atoms with van der Waals surface area (Å²) in [6.45, 7) is 8.70. The molecule has 2 heterocycles. The summed E-state index contributed by atoms with van der Waals surface area (Å²) < 4.78 is 35.2. The Morgan fingerprint density at radius 2 is 1.88 bits per heavy atom. The molecule has 8 nitrogen and oxygen atoms in total. The van der Waals surface area contributed by atoms with Gasteiger partial charge in [0, 0.05) is 19.8 Å². The minimum atomic E-state index is -3.88. The van der Waals surface area contributed by atoms with Gasteiger partial charge in [0.05, 0.1) is 28.7 Å². The number of aromatic nitrogens is 3. The molecule has 0 amide bonds. The molecule has 0 radical (unpaired) electrons. The van der Waals surface area contributed by atoms with Crippen LogP contribution >= 0.6 is 0 Å². The van der Waals surface area contributed by atoms with E-state index < -0.39 is 22.0 Å². The van der Waals surface area contributed by atoms with Crippen molar-refractivity contribution in [2.75, 3.05) is 13.7 Å². The van der Waals surface area contributed by atoms with E-state index in [-0.39, 0.29) is 10.8 Å². The quantitative estimate of drug-likeness (QED) is 0.298. The third-order valence-electron chi connectivity index (χ3n) is 5.83. The topological polar surface area (TPSA) is 94.4 Å². The molecule has 0 saturated heterocycles. The molecular weight excluding hydrogens is 452 g/mol. The summed E-state index contributed by atoms with van der Waals surface area (Å²) in [5.74, 6) is 0.491. The number of esters is 1. The zero-order chi connectivity index (χ0) is 24.9. The number of benzene rings is 1. The number of fused-ring (bicyclic) bond motifs is 1. The van der Waals surface area contributed by atoms with Gasteiger partial charge in [0.15, 0.2) is 0 Å². The van der Waals surface area contributed by atoms with Crippen molar-refractivity contribution in [3.05, 3.63) is 54.1 Å². The van der Waals surface area contributed by atoms with E-state index in [1.807, 2.05) is 38.3 Å². The molecule has 3 rings (SSSR count). The Morgan fingerprint density at radius 3 is 2.53 bits per heavy atom. The number of imidazole rings is 1. The summed E-state index contributed by atoms with van der Waals surface area (Å²) in [5, 5.41) is 0. The average Bonchev–Trinajstić information content (AvgIpc) is 3.12. The fraction of sp³-hybridized carbons (Fsp3) is 0.480. The van der Waals surface area contributed by atoms with E-state index in [1.54, 1.807) is 36.7 Å². The second-order valence-corrected chi connectivity index (χ2v) is 10.9. The van der Waals surface area contributed by atoms with Gasteiger partial charge in [-0.05, 0) is 49.4 Å². The zero-order valence-electron chi connectivity index (χ0n) is 20.6. The molecule has 0 saturated carbocycles. The van der Waals surface area contributed by atoms with Gasteiger partial charge in [-0.2, -0.15) is 4.31 Å². The highest BCUT2D eigenvalue weighted by molar-refractivity contribution is 7.89. The van der Waals surface area contributed by atoms with Crippen molar-refractivity contribution in [2.24, 2.45) is 5.92 Å². The first-order chi connectivity index (χ1) is 16.1. The molecule has 9 heteroatoms. The largest absolute Gasteiger partial charge is 0.464 e. The molecular formula is C25H34N4O4S. The van der Waals surface area contributed by atoms with E-state index in [0.29, 0.717) is 19.6 Å². The van der Waals surface area contributed by atoms with Crippen LogP contribution < -0.4 is 0 Å². The summed E-state index contributed by atoms with van der Waals surface area (Å²) in [4.78, 5) is 21.6. The highest BCUT2D eigenvalue weighted by atomic mass is 32.2. The highest BCUT2D eigenvalue weighted by Gasteiger charge is 2.34. The Balaban J connectivity index is 1.80. The maximum atomic E-state index is 13.3. The van der Waals surface area contributed by atoms with Crippen LogP contribution in [0.3, 0.4) is 0 Å². The molecule has 0 bridgehead atoms. The molecule has 34 heavy (non-hydrogen) atoms. The summed E-state index contributed by atoms with van der Waals surface area (Å²) in [6.07, 6.45) is 5.52. The predicted octanol–water partition coefficient (Wildman–Crippen LogP) is 4.17. The molecule has 0 spiro atoms. The number of nitrogens with zero attached hydrogens (tertiary/aromatic N) is 4. The predicted molar refractivity (Wildman–Crippen MR) is 132 cm³/mol. The first-order valence-corrected chi connectivity index (χ1v) is 13.1. The lowest BCUT2D eigenvalue weighted by Gasteiger charge is -2.27. The van der Waals surface area contributed by atoms with Gasteiger partial charge in [-0.3, -0.25) is 9.78 Å². The van der Waals surface area contributed by atoms with Gasteiger partial charge in [-0.25, -0.2) is 13.4 Å². The number of pyridine rings is 1. The number of sulfonamides is 1. The smallest absolute Gasteiger partial charge is 0.324 e. The van der Waals surface area contributed by atoms with Crippen LogP contribution in [0.5, 0.6) is 0 Å². The van der Waals surface area contributed by atoms with Gasteiger partial charge >= 0.3 is 5.97 Å². The molecule has 184 valence electrons. The average molecular weight is 487 g/mol. The first-order valence-electron chi connectivity index (χ1n) is 11.7. The van der Waals surface area contributed by atoms with Gasteiger partial charge in [0.25, 0.3) is 0 Å². The van der Waals surface area contributed by atoms with Crippen LogP contribution in [0, 0.1) is 12.8 Å². The van der Waals surface area contributed by atoms with Crippen molar-refractivity contribution >= 4 is 27.0 Å². The molecule has 2 aromatic heterocycles. The van der Waals surface area contributed by atoms with Crippen LogP contribution in [-0.2, 0) is 26.1 Å². The Labute approximate surface area is 202 Å². The van der Waals surface area contributed by atoms with Crippen LogP contribution in [0.2, 0.25) is 0 Å². The van der Waals surface area contributed by atoms with Crippen molar-refractivity contribution < 1.29 is 17.9 Å². The van der Waals surface area contributed by atoms with E-state index in [1.165, 1.54) is 7.05 Å². The van der Waals surface area contributed by atoms with Crippen molar-refractivity contribution in [3.8, 4) is 0 Å². The fourth-order valence-corrected chi connectivity index (χ4v) is 5.15. The Hall–Kier alpha value is -2.78. The van der Waals surface area contributed by atoms with Gasteiger partial charge in [-0.1, -0.05) is 39.3 Å². The van der Waals surface area contributed by atoms with E-state index in [4.69, 9.17) is 4.74 Å². The van der Waals surface area contributed by atoms with Crippen molar-refractivity contribution in [1.29, 1.82) is 0 Å². The number of ether oxygens (including phenoxy) is 1. The Morgan fingerprint density at radius 1 is 1.18 bits per heavy atom. The second kappa shape index (κ2) is 11.1. The van der Waals surface area contributed by atoms with Gasteiger partial charge in [0.1, 0.15) is 11.9 Å². The second-order valence-electron chi connectivity index (χ2n) is 8.94. The van der Waals surface area contributed by atoms with Crippen molar-refractivity contribution in [1.82, 2.24) is 18.8 Å². The zero-order valence-corrected chi connectivity index (χ0v) is 21.4. The summed E-state index contributed by atoms with van der Waals surface area (Å²) in [5.41, 5.74) is 2.73. The lowest BCUT2D eigenvalue weighted by molar-refractivity contribution is -0.148. The molecule has 0 aliphatic heterocycles. The Bertz CT molecular complexity index is 1220. The number of likely N-dealkylation sites (N-methyl/N-ethyl adjacent to an activating group) is 1. The molecule has 0 N–H and O–H groups in total. The van der Waals surface area contributed by atoms with Gasteiger partial charge in [-0.15, -0.1) is 0 Å². The van der Waals surface area contributed by atoms with Gasteiger partial charge < -0.3 is 9.30 Å². The van der Waals surface area contributed by atoms with Crippen molar-refractivity contribution in [2.45, 2.75) is 64.4 Å². The fourth-order valence-electron chi connectivity index (χ4n) is 3.83. The number of hydrogen-bond acceptors (Lipinski definition) is 6. The number of rotatable bonds is 11. The molecule has 0 unspecified atom stereocenters. The van der Waals surface area contributed by atoms with E-state index >= 15 is 0 Å². The normalized spacial score (nSPS) is 13.0. The lowest BCUT2D eigenvalue weighted by Crippen LogP contribution is -2.44. The third-order valence-corrected chi connectivity index (χ3v) is 7.71. The maximum Gasteiger partial charge on any atom is 0.324 e. The number of aryl methyl sites for hydroxylation is 1. The summed E-state index contributed by atoms with van der Waals surface area (Å²) in [7, 11) is -2.43. The first kappa shape index (κ1) is 25.8. The number of carbonyl (C=O) groups is 1. The molecule has 3 aromatic rings. The van der Waals surface area contributed by atoms with E-state index in [9.17, 15) is 13.2 Å².